The van der Waals surface area contributed by atoms with Gasteiger partial charge in [0.15, 0.2) is 0 Å². The summed E-state index contributed by atoms with van der Waals surface area (Å²) in [6.07, 6.45) is 21.5. The van der Waals surface area contributed by atoms with Gasteiger partial charge in [-0.25, -0.2) is 0 Å². The van der Waals surface area contributed by atoms with Crippen LogP contribution in [0, 0.1) is 0 Å². The van der Waals surface area contributed by atoms with E-state index in [0.717, 1.165) is 17.9 Å². The topological polar surface area (TPSA) is 21.6 Å². The third kappa shape index (κ3) is 13.3. The molecule has 0 saturated carbocycles. The summed E-state index contributed by atoms with van der Waals surface area (Å²) >= 11 is 0. The summed E-state index contributed by atoms with van der Waals surface area (Å²) in [7, 11) is 0. The van der Waals surface area contributed by atoms with Crippen molar-refractivity contribution < 1.29 is 4.74 Å². The maximum atomic E-state index is 5.84. The molecule has 0 aromatic heterocycles. The summed E-state index contributed by atoms with van der Waals surface area (Å²) in [6.45, 7) is 3.83. The molecule has 0 heterocycles. The summed E-state index contributed by atoms with van der Waals surface area (Å²) in [5.74, 6) is 0.901. The lowest BCUT2D eigenvalue weighted by Crippen LogP contribution is -1.95. The Balaban J connectivity index is 1.40. The van der Waals surface area contributed by atoms with Crippen LogP contribution in [0.1, 0.15) is 108 Å². The number of aliphatic imine (C=N–C) groups is 1. The van der Waals surface area contributed by atoms with Gasteiger partial charge >= 0.3 is 0 Å². The molecule has 0 saturated heterocycles. The standard InChI is InChI=1S/C30H45NO/c1-2-3-4-5-6-7-8-9-10-11-12-13-14-18-25-31-26-28-21-23-30(24-22-28)32-27-29-19-16-15-17-20-29/h15-17,19-24,26H,2-14,18,25,27H2,1H3/b31-26+. The fourth-order valence-corrected chi connectivity index (χ4v) is 3.96. The Bertz CT molecular complexity index is 693. The highest BCUT2D eigenvalue weighted by atomic mass is 16.5. The lowest BCUT2D eigenvalue weighted by Gasteiger charge is -2.06. The van der Waals surface area contributed by atoms with Gasteiger partial charge in [-0.05, 0) is 41.8 Å². The quantitative estimate of drug-likeness (QED) is 0.159. The highest BCUT2D eigenvalue weighted by Gasteiger charge is 1.96. The minimum absolute atomic E-state index is 0.605. The van der Waals surface area contributed by atoms with Crippen molar-refractivity contribution >= 4 is 6.21 Å². The summed E-state index contributed by atoms with van der Waals surface area (Å²) in [6, 6.07) is 18.5. The summed E-state index contributed by atoms with van der Waals surface area (Å²) in [5, 5.41) is 0. The molecule has 2 aromatic rings. The molecule has 0 bridgehead atoms. The molecule has 0 spiro atoms. The molecule has 0 atom stereocenters. The Morgan fingerprint density at radius 1 is 0.625 bits per heavy atom. The van der Waals surface area contributed by atoms with Crippen molar-refractivity contribution in [2.75, 3.05) is 6.54 Å². The van der Waals surface area contributed by atoms with Gasteiger partial charge in [0.1, 0.15) is 12.4 Å². The van der Waals surface area contributed by atoms with Crippen LogP contribution in [0.25, 0.3) is 0 Å². The Kier molecular flexibility index (Phi) is 15.1. The van der Waals surface area contributed by atoms with Crippen LogP contribution in [-0.2, 0) is 6.61 Å². The molecule has 2 heteroatoms. The maximum absolute atomic E-state index is 5.84. The normalized spacial score (nSPS) is 11.3. The van der Waals surface area contributed by atoms with E-state index in [-0.39, 0.29) is 0 Å². The molecule has 0 fully saturated rings. The first-order valence-electron chi connectivity index (χ1n) is 13.1. The fourth-order valence-electron chi connectivity index (χ4n) is 3.96. The minimum atomic E-state index is 0.605. The number of hydrogen-bond acceptors (Lipinski definition) is 2. The van der Waals surface area contributed by atoms with Crippen LogP contribution in [0.5, 0.6) is 5.75 Å². The monoisotopic (exact) mass is 435 g/mol. The smallest absolute Gasteiger partial charge is 0.119 e. The molecule has 176 valence electrons. The van der Waals surface area contributed by atoms with Crippen LogP contribution in [0.3, 0.4) is 0 Å². The van der Waals surface area contributed by atoms with Crippen LogP contribution < -0.4 is 4.74 Å². The van der Waals surface area contributed by atoms with E-state index in [4.69, 9.17) is 4.74 Å². The molecule has 0 N–H and O–H groups in total. The lowest BCUT2D eigenvalue weighted by molar-refractivity contribution is 0.306. The molecule has 0 aliphatic rings. The predicted molar refractivity (Wildman–Crippen MR) is 140 cm³/mol. The first-order valence-corrected chi connectivity index (χ1v) is 13.1. The Hall–Kier alpha value is -2.09. The van der Waals surface area contributed by atoms with Gasteiger partial charge in [-0.1, -0.05) is 121 Å². The second-order valence-corrected chi connectivity index (χ2v) is 8.97. The van der Waals surface area contributed by atoms with Gasteiger partial charge in [0.2, 0.25) is 0 Å². The highest BCUT2D eigenvalue weighted by Crippen LogP contribution is 2.14. The van der Waals surface area contributed by atoms with Gasteiger partial charge in [0, 0.05) is 12.8 Å². The molecule has 0 radical (unpaired) electrons. The van der Waals surface area contributed by atoms with Crippen LogP contribution >= 0.6 is 0 Å². The van der Waals surface area contributed by atoms with Crippen molar-refractivity contribution in [3.8, 4) is 5.75 Å². The summed E-state index contributed by atoms with van der Waals surface area (Å²) < 4.78 is 5.84. The maximum Gasteiger partial charge on any atom is 0.119 e. The molecule has 2 rings (SSSR count). The van der Waals surface area contributed by atoms with Gasteiger partial charge in [-0.2, -0.15) is 0 Å². The van der Waals surface area contributed by atoms with Crippen LogP contribution in [-0.4, -0.2) is 12.8 Å². The molecule has 0 unspecified atom stereocenters. The van der Waals surface area contributed by atoms with Crippen LogP contribution in [0.4, 0.5) is 0 Å². The van der Waals surface area contributed by atoms with Crippen molar-refractivity contribution in [1.82, 2.24) is 0 Å². The van der Waals surface area contributed by atoms with E-state index in [1.165, 1.54) is 95.5 Å². The van der Waals surface area contributed by atoms with E-state index >= 15 is 0 Å². The fraction of sp³-hybridized carbons (Fsp3) is 0.567. The largest absolute Gasteiger partial charge is 0.489 e. The van der Waals surface area contributed by atoms with Gasteiger partial charge in [0.05, 0.1) is 0 Å². The number of nitrogens with zero attached hydrogens (tertiary/aromatic N) is 1. The van der Waals surface area contributed by atoms with Crippen molar-refractivity contribution in [2.45, 2.75) is 103 Å². The van der Waals surface area contributed by atoms with E-state index in [9.17, 15) is 0 Å². The van der Waals surface area contributed by atoms with E-state index in [1.54, 1.807) is 0 Å². The molecule has 2 aromatic carbocycles. The van der Waals surface area contributed by atoms with Gasteiger partial charge < -0.3 is 4.74 Å². The third-order valence-corrected chi connectivity index (χ3v) is 6.01. The Labute approximate surface area is 197 Å². The summed E-state index contributed by atoms with van der Waals surface area (Å²) in [5.41, 5.74) is 2.33. The molecular weight excluding hydrogens is 390 g/mol. The summed E-state index contributed by atoms with van der Waals surface area (Å²) in [4.78, 5) is 4.59. The Morgan fingerprint density at radius 2 is 1.16 bits per heavy atom. The number of hydrogen-bond donors (Lipinski definition) is 0. The van der Waals surface area contributed by atoms with Crippen molar-refractivity contribution in [3.05, 3.63) is 65.7 Å². The SMILES string of the molecule is CCCCCCCCCCCCCCCC/N=C/c1ccc(OCc2ccccc2)cc1. The molecule has 0 amide bonds. The van der Waals surface area contributed by atoms with E-state index in [1.807, 2.05) is 36.5 Å². The van der Waals surface area contributed by atoms with Crippen LogP contribution in [0.2, 0.25) is 0 Å². The Morgan fingerprint density at radius 3 is 1.72 bits per heavy atom. The number of unbranched alkanes of at least 4 members (excludes halogenated alkanes) is 13. The average Bonchev–Trinajstić information content (AvgIpc) is 2.84. The highest BCUT2D eigenvalue weighted by molar-refractivity contribution is 5.79. The molecule has 32 heavy (non-hydrogen) atoms. The molecule has 0 aliphatic carbocycles. The average molecular weight is 436 g/mol. The van der Waals surface area contributed by atoms with Crippen molar-refractivity contribution in [1.29, 1.82) is 0 Å². The zero-order valence-corrected chi connectivity index (χ0v) is 20.4. The number of ether oxygens (including phenoxy) is 1. The molecule has 2 nitrogen and oxygen atoms in total. The van der Waals surface area contributed by atoms with E-state index in [0.29, 0.717) is 6.61 Å². The number of benzene rings is 2. The van der Waals surface area contributed by atoms with Crippen molar-refractivity contribution in [3.63, 3.8) is 0 Å². The van der Waals surface area contributed by atoms with Gasteiger partial charge in [-0.3, -0.25) is 4.99 Å². The van der Waals surface area contributed by atoms with E-state index < -0.39 is 0 Å². The zero-order chi connectivity index (χ0) is 22.5. The lowest BCUT2D eigenvalue weighted by atomic mass is 10.0. The predicted octanol–water partition coefficient (Wildman–Crippen LogP) is 9.17. The molecular formula is C30H45NO. The van der Waals surface area contributed by atoms with Crippen LogP contribution in [0.15, 0.2) is 59.6 Å². The second kappa shape index (κ2) is 18.5. The second-order valence-electron chi connectivity index (χ2n) is 8.97. The minimum Gasteiger partial charge on any atom is -0.489 e. The van der Waals surface area contributed by atoms with Crippen molar-refractivity contribution in [2.24, 2.45) is 4.99 Å². The first-order chi connectivity index (χ1) is 15.9. The van der Waals surface area contributed by atoms with Gasteiger partial charge in [-0.15, -0.1) is 0 Å². The van der Waals surface area contributed by atoms with E-state index in [2.05, 4.69) is 36.2 Å². The first kappa shape index (κ1) is 26.2. The third-order valence-electron chi connectivity index (χ3n) is 6.01. The number of rotatable bonds is 19. The zero-order valence-electron chi connectivity index (χ0n) is 20.4. The van der Waals surface area contributed by atoms with Gasteiger partial charge in [0.25, 0.3) is 0 Å². The molecule has 0 aliphatic heterocycles.